The second-order valence-corrected chi connectivity index (χ2v) is 16.9. The van der Waals surface area contributed by atoms with Crippen LogP contribution in [0.2, 0.25) is 0 Å². The molecule has 0 aromatic carbocycles. The summed E-state index contributed by atoms with van der Waals surface area (Å²) in [6, 6.07) is 0. The molecule has 3 saturated heterocycles. The van der Waals surface area contributed by atoms with E-state index in [1.807, 2.05) is 34.6 Å². The van der Waals surface area contributed by atoms with Gasteiger partial charge in [0.15, 0.2) is 17.9 Å². The number of ether oxygens (including phenoxy) is 8. The Hall–Kier alpha value is -0.440. The maximum Gasteiger partial charge on any atom is 0.187 e. The summed E-state index contributed by atoms with van der Waals surface area (Å²) < 4.78 is 51.1. The summed E-state index contributed by atoms with van der Waals surface area (Å²) in [5.41, 5.74) is -3.61. The van der Waals surface area contributed by atoms with Crippen LogP contribution in [0.1, 0.15) is 93.4 Å². The van der Waals surface area contributed by atoms with Gasteiger partial charge in [0, 0.05) is 43.8 Å². The number of hydrogen-bond acceptors (Lipinski definition) is 11. The second-order valence-electron chi connectivity index (χ2n) is 16.9. The molecule has 15 atom stereocenters. The maximum atomic E-state index is 13.0. The van der Waals surface area contributed by atoms with Gasteiger partial charge in [-0.1, -0.05) is 13.8 Å². The molecule has 0 amide bonds. The van der Waals surface area contributed by atoms with Crippen LogP contribution in [0.5, 0.6) is 0 Å². The van der Waals surface area contributed by atoms with E-state index in [0.29, 0.717) is 38.5 Å². The molecule has 0 bridgehead atoms. The summed E-state index contributed by atoms with van der Waals surface area (Å²) in [5, 5.41) is 36.1. The first kappa shape index (κ1) is 34.0. The minimum atomic E-state index is -1.22. The van der Waals surface area contributed by atoms with Gasteiger partial charge in [-0.25, -0.2) is 0 Å². The van der Waals surface area contributed by atoms with Crippen molar-refractivity contribution < 1.29 is 53.2 Å². The van der Waals surface area contributed by atoms with Crippen LogP contribution in [0, 0.1) is 34.5 Å². The fraction of sp³-hybridized carbons (Fsp3) is 1.00. The van der Waals surface area contributed by atoms with Crippen LogP contribution in [-0.4, -0.2) is 108 Å². The lowest BCUT2D eigenvalue weighted by molar-refractivity contribution is -0.410. The molecule has 3 N–H and O–H groups in total. The SMILES string of the molecule is COCO[C@@H]1C[C@]2(C)[C@@H](CO)CC[C@]2(O)C2CC[C@]3(O)C[C@@H](O[C@@H]4O[C@@H](C)[C@H](C)[C@H]5OC(C)(C)O[C@@H]45)C[C@H]4OC(C)(C)OC[C@]43C21. The van der Waals surface area contributed by atoms with E-state index < -0.39 is 46.0 Å². The van der Waals surface area contributed by atoms with E-state index in [1.54, 1.807) is 7.11 Å². The molecular formula is C35H58O11. The molecule has 7 rings (SSSR count). The van der Waals surface area contributed by atoms with Crippen molar-refractivity contribution in [3.63, 3.8) is 0 Å². The lowest BCUT2D eigenvalue weighted by atomic mass is 9.40. The zero-order chi connectivity index (χ0) is 33.1. The quantitative estimate of drug-likeness (QED) is 0.287. The normalized spacial score (nSPS) is 55.5. The summed E-state index contributed by atoms with van der Waals surface area (Å²) in [6.07, 6.45) is 1.48. The summed E-state index contributed by atoms with van der Waals surface area (Å²) in [7, 11) is 1.61. The average Bonchev–Trinajstić information content (AvgIpc) is 3.45. The summed E-state index contributed by atoms with van der Waals surface area (Å²) in [5.74, 6) is -1.94. The third kappa shape index (κ3) is 4.85. The molecular weight excluding hydrogens is 596 g/mol. The molecule has 7 fully saturated rings. The molecule has 1 spiro atoms. The smallest absolute Gasteiger partial charge is 0.187 e. The zero-order valence-corrected chi connectivity index (χ0v) is 29.0. The van der Waals surface area contributed by atoms with Crippen molar-refractivity contribution in [2.45, 2.75) is 159 Å². The average molecular weight is 655 g/mol. The van der Waals surface area contributed by atoms with Crippen molar-refractivity contribution >= 4 is 0 Å². The second kappa shape index (κ2) is 11.3. The molecule has 11 nitrogen and oxygen atoms in total. The van der Waals surface area contributed by atoms with Gasteiger partial charge in [-0.2, -0.15) is 0 Å². The van der Waals surface area contributed by atoms with E-state index in [-0.39, 0.29) is 74.2 Å². The largest absolute Gasteiger partial charge is 0.396 e. The molecule has 264 valence electrons. The Bertz CT molecular complexity index is 1150. The van der Waals surface area contributed by atoms with E-state index in [0.717, 1.165) is 6.42 Å². The number of methoxy groups -OCH3 is 1. The van der Waals surface area contributed by atoms with Crippen LogP contribution in [-0.2, 0) is 37.9 Å². The van der Waals surface area contributed by atoms with E-state index in [4.69, 9.17) is 37.9 Å². The van der Waals surface area contributed by atoms with Crippen LogP contribution in [0.4, 0.5) is 0 Å². The maximum absolute atomic E-state index is 13.0. The molecule has 7 aliphatic rings. The Morgan fingerprint density at radius 1 is 0.891 bits per heavy atom. The summed E-state index contributed by atoms with van der Waals surface area (Å²) >= 11 is 0. The van der Waals surface area contributed by atoms with E-state index in [9.17, 15) is 15.3 Å². The van der Waals surface area contributed by atoms with Gasteiger partial charge >= 0.3 is 0 Å². The zero-order valence-electron chi connectivity index (χ0n) is 29.0. The summed E-state index contributed by atoms with van der Waals surface area (Å²) in [4.78, 5) is 0. The van der Waals surface area contributed by atoms with Gasteiger partial charge in [-0.05, 0) is 78.6 Å². The molecule has 3 aliphatic heterocycles. The van der Waals surface area contributed by atoms with E-state index in [1.165, 1.54) is 0 Å². The highest BCUT2D eigenvalue weighted by Crippen LogP contribution is 2.71. The topological polar surface area (TPSA) is 135 Å². The highest BCUT2D eigenvalue weighted by molar-refractivity contribution is 5.25. The molecule has 3 heterocycles. The van der Waals surface area contributed by atoms with Crippen LogP contribution >= 0.6 is 0 Å². The fourth-order valence-electron chi connectivity index (χ4n) is 11.4. The molecule has 11 heteroatoms. The number of aliphatic hydroxyl groups excluding tert-OH is 1. The molecule has 46 heavy (non-hydrogen) atoms. The predicted octanol–water partition coefficient (Wildman–Crippen LogP) is 3.49. The first-order valence-corrected chi connectivity index (χ1v) is 17.7. The molecule has 2 unspecified atom stereocenters. The highest BCUT2D eigenvalue weighted by atomic mass is 16.8. The van der Waals surface area contributed by atoms with Gasteiger partial charge in [0.05, 0.1) is 53.7 Å². The van der Waals surface area contributed by atoms with Crippen molar-refractivity contribution in [1.82, 2.24) is 0 Å². The Kier molecular flexibility index (Phi) is 8.35. The van der Waals surface area contributed by atoms with Gasteiger partial charge < -0.3 is 53.2 Å². The minimum Gasteiger partial charge on any atom is -0.396 e. The molecule has 0 aromatic rings. The minimum absolute atomic E-state index is 0.0265. The third-order valence-corrected chi connectivity index (χ3v) is 13.9. The Balaban J connectivity index is 1.24. The Morgan fingerprint density at radius 3 is 2.35 bits per heavy atom. The molecule has 4 saturated carbocycles. The van der Waals surface area contributed by atoms with Crippen LogP contribution in [0.25, 0.3) is 0 Å². The van der Waals surface area contributed by atoms with Crippen molar-refractivity contribution in [3.05, 3.63) is 0 Å². The number of aliphatic hydroxyl groups is 3. The van der Waals surface area contributed by atoms with Gasteiger partial charge in [0.1, 0.15) is 12.9 Å². The van der Waals surface area contributed by atoms with E-state index in [2.05, 4.69) is 13.8 Å². The van der Waals surface area contributed by atoms with Crippen LogP contribution in [0.15, 0.2) is 0 Å². The molecule has 4 aliphatic carbocycles. The van der Waals surface area contributed by atoms with Gasteiger partial charge in [0.25, 0.3) is 0 Å². The lowest BCUT2D eigenvalue weighted by Gasteiger charge is -2.71. The van der Waals surface area contributed by atoms with Crippen molar-refractivity contribution in [1.29, 1.82) is 0 Å². The third-order valence-electron chi connectivity index (χ3n) is 13.9. The monoisotopic (exact) mass is 654 g/mol. The first-order valence-electron chi connectivity index (χ1n) is 17.7. The van der Waals surface area contributed by atoms with E-state index >= 15 is 0 Å². The Labute approximate surface area is 273 Å². The standard InChI is InChI=1S/C35H58O11/c1-19-20(2)42-29(28-27(19)45-31(5,6)46-28)43-22-13-25-34(17-41-30(3,4)44-25)26-23(10-11-33(34,37)14-22)35(38)12-9-21(16-36)32(35,7)15-24(26)40-18-39-8/h19-29,36-38H,9-18H2,1-8H3/t19-,20-,21+,22-,23?,24+,25+,26?,27+,28+,29-,32+,33-,34+,35-/m0/s1. The van der Waals surface area contributed by atoms with Gasteiger partial charge in [-0.15, -0.1) is 0 Å². The van der Waals surface area contributed by atoms with Crippen molar-refractivity contribution in [2.75, 3.05) is 27.1 Å². The lowest BCUT2D eigenvalue weighted by Crippen LogP contribution is -2.78. The highest BCUT2D eigenvalue weighted by Gasteiger charge is 2.77. The number of fused-ring (bicyclic) bond motifs is 4. The number of hydrogen-bond donors (Lipinski definition) is 3. The fourth-order valence-corrected chi connectivity index (χ4v) is 11.4. The van der Waals surface area contributed by atoms with Gasteiger partial charge in [0.2, 0.25) is 0 Å². The van der Waals surface area contributed by atoms with Gasteiger partial charge in [-0.3, -0.25) is 0 Å². The number of rotatable bonds is 6. The summed E-state index contributed by atoms with van der Waals surface area (Å²) in [6.45, 7) is 14.4. The Morgan fingerprint density at radius 2 is 1.63 bits per heavy atom. The predicted molar refractivity (Wildman–Crippen MR) is 164 cm³/mol. The first-order chi connectivity index (χ1) is 21.5. The van der Waals surface area contributed by atoms with Crippen LogP contribution in [0.3, 0.4) is 0 Å². The molecule has 0 radical (unpaired) electrons. The van der Waals surface area contributed by atoms with Crippen molar-refractivity contribution in [2.24, 2.45) is 34.5 Å². The molecule has 0 aromatic heterocycles. The van der Waals surface area contributed by atoms with Crippen molar-refractivity contribution in [3.8, 4) is 0 Å². The van der Waals surface area contributed by atoms with Crippen LogP contribution < -0.4 is 0 Å².